The fourth-order valence-electron chi connectivity index (χ4n) is 3.08. The van der Waals surface area contributed by atoms with Gasteiger partial charge >= 0.3 is 6.09 Å². The lowest BCUT2D eigenvalue weighted by Gasteiger charge is -2.37. The van der Waals surface area contributed by atoms with E-state index in [1.54, 1.807) is 11.0 Å². The number of fused-ring (bicyclic) bond motifs is 1. The second-order valence-corrected chi connectivity index (χ2v) is 5.86. The van der Waals surface area contributed by atoms with Crippen LogP contribution in [0.3, 0.4) is 0 Å². The molecule has 0 saturated carbocycles. The Morgan fingerprint density at radius 3 is 2.62 bits per heavy atom. The average molecular weight is 319 g/mol. The topological polar surface area (TPSA) is 29.5 Å². The van der Waals surface area contributed by atoms with E-state index in [-0.39, 0.29) is 18.7 Å². The van der Waals surface area contributed by atoms with Crippen molar-refractivity contribution in [1.29, 1.82) is 0 Å². The molecule has 0 spiro atoms. The first-order valence-electron chi connectivity index (χ1n) is 8.07. The summed E-state index contributed by atoms with van der Waals surface area (Å²) in [7, 11) is 0. The van der Waals surface area contributed by atoms with Crippen LogP contribution in [0.25, 0.3) is 0 Å². The lowest BCUT2D eigenvalue weighted by molar-refractivity contribution is 0.0837. The number of nitrogens with zero attached hydrogens (tertiary/aromatic N) is 1. The van der Waals surface area contributed by atoms with E-state index in [1.165, 1.54) is 5.56 Å². The van der Waals surface area contributed by atoms with Crippen molar-refractivity contribution in [3.8, 4) is 0 Å². The second-order valence-electron chi connectivity index (χ2n) is 5.86. The molecule has 0 aliphatic carbocycles. The van der Waals surface area contributed by atoms with Crippen LogP contribution in [0.1, 0.15) is 22.7 Å². The molecule has 0 aromatic heterocycles. The molecule has 1 unspecified atom stereocenters. The molecule has 24 heavy (non-hydrogen) atoms. The van der Waals surface area contributed by atoms with Crippen LogP contribution in [0.15, 0.2) is 79.4 Å². The van der Waals surface area contributed by atoms with Gasteiger partial charge in [0.1, 0.15) is 6.61 Å². The zero-order chi connectivity index (χ0) is 16.9. The third kappa shape index (κ3) is 3.25. The maximum atomic E-state index is 12.6. The maximum Gasteiger partial charge on any atom is 0.410 e. The van der Waals surface area contributed by atoms with Gasteiger partial charge < -0.3 is 4.74 Å². The Morgan fingerprint density at radius 2 is 1.88 bits per heavy atom. The zero-order valence-corrected chi connectivity index (χ0v) is 13.7. The van der Waals surface area contributed by atoms with Crippen LogP contribution in [-0.4, -0.2) is 17.5 Å². The minimum absolute atomic E-state index is 0.212. The molecule has 3 nitrogen and oxygen atoms in total. The summed E-state index contributed by atoms with van der Waals surface area (Å²) in [6.07, 6.45) is 2.21. The molecular weight excluding hydrogens is 298 g/mol. The summed E-state index contributed by atoms with van der Waals surface area (Å²) < 4.78 is 5.52. The maximum absolute atomic E-state index is 12.6. The number of hydrogen-bond acceptors (Lipinski definition) is 2. The highest BCUT2D eigenvalue weighted by molar-refractivity contribution is 5.70. The molecule has 0 bridgehead atoms. The Morgan fingerprint density at radius 1 is 1.17 bits per heavy atom. The lowest BCUT2D eigenvalue weighted by Crippen LogP contribution is -2.40. The third-order valence-electron chi connectivity index (χ3n) is 4.34. The van der Waals surface area contributed by atoms with Gasteiger partial charge in [0.05, 0.1) is 6.04 Å². The van der Waals surface area contributed by atoms with Crippen molar-refractivity contribution >= 4 is 6.09 Å². The van der Waals surface area contributed by atoms with Gasteiger partial charge in [-0.25, -0.2) is 4.79 Å². The Hall–Kier alpha value is -2.81. The third-order valence-corrected chi connectivity index (χ3v) is 4.34. The predicted octanol–water partition coefficient (Wildman–Crippen LogP) is 4.66. The van der Waals surface area contributed by atoms with Gasteiger partial charge in [-0.1, -0.05) is 73.8 Å². The first kappa shape index (κ1) is 16.1. The highest BCUT2D eigenvalue weighted by atomic mass is 16.6. The van der Waals surface area contributed by atoms with Gasteiger partial charge in [-0.3, -0.25) is 4.90 Å². The molecule has 1 heterocycles. The Balaban J connectivity index is 1.79. The van der Waals surface area contributed by atoms with Crippen LogP contribution < -0.4 is 0 Å². The predicted molar refractivity (Wildman–Crippen MR) is 95.6 cm³/mol. The molecule has 3 heteroatoms. The van der Waals surface area contributed by atoms with E-state index < -0.39 is 0 Å². The van der Waals surface area contributed by atoms with E-state index in [2.05, 4.69) is 19.2 Å². The van der Waals surface area contributed by atoms with Crippen molar-refractivity contribution in [2.45, 2.75) is 19.1 Å². The fourth-order valence-corrected chi connectivity index (χ4v) is 3.08. The van der Waals surface area contributed by atoms with Crippen molar-refractivity contribution in [3.63, 3.8) is 0 Å². The quantitative estimate of drug-likeness (QED) is 0.767. The van der Waals surface area contributed by atoms with Gasteiger partial charge in [0, 0.05) is 6.54 Å². The van der Waals surface area contributed by atoms with Crippen molar-refractivity contribution in [2.75, 3.05) is 6.54 Å². The number of hydrogen-bond donors (Lipinski definition) is 0. The average Bonchev–Trinajstić information content (AvgIpc) is 2.65. The van der Waals surface area contributed by atoms with Crippen LogP contribution in [0, 0.1) is 0 Å². The SMILES string of the molecule is C=CC(=C)C1c2ccccc2CCN1C(=O)OCc1ccccc1. The number of rotatable bonds is 4. The summed E-state index contributed by atoms with van der Waals surface area (Å²) in [5, 5.41) is 0. The van der Waals surface area contributed by atoms with Crippen LogP contribution in [0.2, 0.25) is 0 Å². The summed E-state index contributed by atoms with van der Waals surface area (Å²) in [6.45, 7) is 8.78. The molecule has 2 aromatic rings. The number of carbonyl (C=O) groups is 1. The van der Waals surface area contributed by atoms with Crippen molar-refractivity contribution in [2.24, 2.45) is 0 Å². The van der Waals surface area contributed by atoms with E-state index in [9.17, 15) is 4.79 Å². The summed E-state index contributed by atoms with van der Waals surface area (Å²) >= 11 is 0. The molecule has 1 atom stereocenters. The monoisotopic (exact) mass is 319 g/mol. The number of benzene rings is 2. The number of carbonyl (C=O) groups excluding carboxylic acids is 1. The normalized spacial score (nSPS) is 16.2. The van der Waals surface area contributed by atoms with E-state index in [0.717, 1.165) is 23.1 Å². The number of ether oxygens (including phenoxy) is 1. The smallest absolute Gasteiger partial charge is 0.410 e. The fraction of sp³-hybridized carbons (Fsp3) is 0.190. The van der Waals surface area contributed by atoms with Gasteiger partial charge in [0.15, 0.2) is 0 Å². The Labute approximate surface area is 142 Å². The molecule has 122 valence electrons. The molecule has 0 saturated heterocycles. The van der Waals surface area contributed by atoms with Gasteiger partial charge in [0.2, 0.25) is 0 Å². The van der Waals surface area contributed by atoms with Crippen LogP contribution >= 0.6 is 0 Å². The molecule has 0 N–H and O–H groups in total. The van der Waals surface area contributed by atoms with Gasteiger partial charge in [-0.15, -0.1) is 0 Å². The van der Waals surface area contributed by atoms with Gasteiger partial charge in [-0.2, -0.15) is 0 Å². The lowest BCUT2D eigenvalue weighted by atomic mass is 9.89. The summed E-state index contributed by atoms with van der Waals surface area (Å²) in [6, 6.07) is 17.6. The molecule has 2 aromatic carbocycles. The van der Waals surface area contributed by atoms with Crippen LogP contribution in [-0.2, 0) is 17.8 Å². The van der Waals surface area contributed by atoms with Gasteiger partial charge in [-0.05, 0) is 28.7 Å². The molecule has 0 fully saturated rings. The Kier molecular flexibility index (Phi) is 4.80. The van der Waals surface area contributed by atoms with Crippen molar-refractivity contribution in [3.05, 3.63) is 96.1 Å². The van der Waals surface area contributed by atoms with E-state index in [1.807, 2.05) is 48.5 Å². The van der Waals surface area contributed by atoms with Crippen molar-refractivity contribution in [1.82, 2.24) is 4.90 Å². The molecule has 3 rings (SSSR count). The second kappa shape index (κ2) is 7.18. The molecule has 0 radical (unpaired) electrons. The largest absolute Gasteiger partial charge is 0.445 e. The highest BCUT2D eigenvalue weighted by Crippen LogP contribution is 2.35. The van der Waals surface area contributed by atoms with Gasteiger partial charge in [0.25, 0.3) is 0 Å². The molecular formula is C21H21NO2. The zero-order valence-electron chi connectivity index (χ0n) is 13.7. The first-order chi connectivity index (χ1) is 11.7. The van der Waals surface area contributed by atoms with Crippen molar-refractivity contribution < 1.29 is 9.53 Å². The summed E-state index contributed by atoms with van der Waals surface area (Å²) in [5.41, 5.74) is 4.13. The molecule has 1 aliphatic rings. The van der Waals surface area contributed by atoms with E-state index in [4.69, 9.17) is 4.74 Å². The van der Waals surface area contributed by atoms with Crippen LogP contribution in [0.5, 0.6) is 0 Å². The minimum Gasteiger partial charge on any atom is -0.445 e. The number of amides is 1. The standard InChI is InChI=1S/C21H21NO2/c1-3-16(2)20-19-12-8-7-11-18(19)13-14-22(20)21(23)24-15-17-9-5-4-6-10-17/h3-12,20H,1-2,13-15H2. The van der Waals surface area contributed by atoms with Crippen LogP contribution in [0.4, 0.5) is 4.79 Å². The molecule has 1 aliphatic heterocycles. The molecule has 1 amide bonds. The minimum atomic E-state index is -0.318. The first-order valence-corrected chi connectivity index (χ1v) is 8.07. The van der Waals surface area contributed by atoms with E-state index >= 15 is 0 Å². The summed E-state index contributed by atoms with van der Waals surface area (Å²) in [5.74, 6) is 0. The summed E-state index contributed by atoms with van der Waals surface area (Å²) in [4.78, 5) is 14.4. The highest BCUT2D eigenvalue weighted by Gasteiger charge is 2.32. The Bertz CT molecular complexity index is 751. The van der Waals surface area contributed by atoms with E-state index in [0.29, 0.717) is 6.54 Å².